The lowest BCUT2D eigenvalue weighted by Crippen LogP contribution is -2.47. The van der Waals surface area contributed by atoms with E-state index in [1.54, 1.807) is 4.90 Å². The van der Waals surface area contributed by atoms with E-state index < -0.39 is 29.1 Å². The van der Waals surface area contributed by atoms with Crippen molar-refractivity contribution in [2.45, 2.75) is 38.6 Å². The molecular weight excluding hydrogens is 290 g/mol. The smallest absolute Gasteiger partial charge is 0.257 e. The monoisotopic (exact) mass is 310 g/mol. The second-order valence-electron chi connectivity index (χ2n) is 5.44. The zero-order chi connectivity index (χ0) is 16.1. The van der Waals surface area contributed by atoms with Gasteiger partial charge >= 0.3 is 0 Å². The molecule has 0 radical (unpaired) electrons. The molecule has 0 aromatic heterocycles. The Morgan fingerprint density at radius 2 is 2.00 bits per heavy atom. The van der Waals surface area contributed by atoms with Gasteiger partial charge in [-0.1, -0.05) is 13.0 Å². The Kier molecular flexibility index (Phi) is 5.46. The van der Waals surface area contributed by atoms with Crippen molar-refractivity contribution in [2.75, 3.05) is 13.1 Å². The van der Waals surface area contributed by atoms with Gasteiger partial charge in [-0.3, -0.25) is 9.59 Å². The Bertz CT molecular complexity index is 543. The molecule has 1 saturated heterocycles. The highest BCUT2D eigenvalue weighted by Crippen LogP contribution is 2.16. The van der Waals surface area contributed by atoms with E-state index in [2.05, 4.69) is 5.32 Å². The van der Waals surface area contributed by atoms with Gasteiger partial charge in [-0.05, 0) is 37.8 Å². The quantitative estimate of drug-likeness (QED) is 0.929. The van der Waals surface area contributed by atoms with Gasteiger partial charge in [0.25, 0.3) is 5.91 Å². The van der Waals surface area contributed by atoms with Gasteiger partial charge in [-0.25, -0.2) is 8.78 Å². The van der Waals surface area contributed by atoms with E-state index in [0.717, 1.165) is 31.4 Å². The van der Waals surface area contributed by atoms with Crippen LogP contribution >= 0.6 is 0 Å². The molecule has 1 aromatic carbocycles. The molecule has 0 saturated carbocycles. The van der Waals surface area contributed by atoms with Crippen molar-refractivity contribution in [3.05, 3.63) is 35.4 Å². The number of carbonyl (C=O) groups is 2. The summed E-state index contributed by atoms with van der Waals surface area (Å²) in [5, 5.41) is 2.48. The third-order valence-electron chi connectivity index (χ3n) is 3.77. The van der Waals surface area contributed by atoms with Crippen molar-refractivity contribution >= 4 is 11.8 Å². The summed E-state index contributed by atoms with van der Waals surface area (Å²) in [5.74, 6) is -2.91. The molecule has 1 heterocycles. The lowest BCUT2D eigenvalue weighted by atomic mass is 10.1. The summed E-state index contributed by atoms with van der Waals surface area (Å²) in [5.41, 5.74) is -0.637. The van der Waals surface area contributed by atoms with E-state index in [9.17, 15) is 18.4 Å². The summed E-state index contributed by atoms with van der Waals surface area (Å²) in [6.07, 6.45) is 2.97. The first kappa shape index (κ1) is 16.4. The summed E-state index contributed by atoms with van der Waals surface area (Å²) in [6.45, 7) is 3.26. The van der Waals surface area contributed by atoms with Crippen LogP contribution in [0.5, 0.6) is 0 Å². The maximum absolute atomic E-state index is 13.6. The largest absolute Gasteiger partial charge is 0.341 e. The number of rotatable bonds is 4. The molecule has 4 nitrogen and oxygen atoms in total. The molecule has 0 spiro atoms. The fourth-order valence-corrected chi connectivity index (χ4v) is 2.68. The van der Waals surface area contributed by atoms with Gasteiger partial charge in [0.05, 0.1) is 0 Å². The summed E-state index contributed by atoms with van der Waals surface area (Å²) in [6, 6.07) is 2.52. The van der Waals surface area contributed by atoms with Gasteiger partial charge in [0, 0.05) is 13.1 Å². The fraction of sp³-hybridized carbons (Fsp3) is 0.500. The van der Waals surface area contributed by atoms with Crippen molar-refractivity contribution in [1.82, 2.24) is 10.2 Å². The second kappa shape index (κ2) is 7.33. The Labute approximate surface area is 128 Å². The van der Waals surface area contributed by atoms with Crippen molar-refractivity contribution in [2.24, 2.45) is 0 Å². The van der Waals surface area contributed by atoms with E-state index in [-0.39, 0.29) is 5.91 Å². The van der Waals surface area contributed by atoms with Crippen molar-refractivity contribution in [3.8, 4) is 0 Å². The molecule has 22 heavy (non-hydrogen) atoms. The molecule has 120 valence electrons. The zero-order valence-corrected chi connectivity index (χ0v) is 12.6. The van der Waals surface area contributed by atoms with Gasteiger partial charge < -0.3 is 10.2 Å². The number of nitrogens with one attached hydrogen (secondary N) is 1. The predicted molar refractivity (Wildman–Crippen MR) is 78.3 cm³/mol. The first-order valence-corrected chi connectivity index (χ1v) is 7.58. The van der Waals surface area contributed by atoms with E-state index in [1.807, 2.05) is 6.92 Å². The van der Waals surface area contributed by atoms with Crippen LogP contribution in [0, 0.1) is 11.6 Å². The Balaban J connectivity index is 2.14. The van der Waals surface area contributed by atoms with Gasteiger partial charge in [-0.15, -0.1) is 0 Å². The van der Waals surface area contributed by atoms with Crippen LogP contribution in [0.3, 0.4) is 0 Å². The molecule has 1 unspecified atom stereocenters. The zero-order valence-electron chi connectivity index (χ0n) is 12.6. The third-order valence-corrected chi connectivity index (χ3v) is 3.77. The van der Waals surface area contributed by atoms with E-state index in [1.165, 1.54) is 6.07 Å². The topological polar surface area (TPSA) is 49.4 Å². The third kappa shape index (κ3) is 3.61. The average molecular weight is 310 g/mol. The van der Waals surface area contributed by atoms with Crippen molar-refractivity contribution in [3.63, 3.8) is 0 Å². The number of benzene rings is 1. The molecule has 2 amide bonds. The van der Waals surface area contributed by atoms with Crippen LogP contribution in [0.15, 0.2) is 18.2 Å². The number of nitrogens with zero attached hydrogens (tertiary/aromatic N) is 1. The lowest BCUT2D eigenvalue weighted by Gasteiger charge is -2.24. The molecule has 1 aliphatic heterocycles. The highest BCUT2D eigenvalue weighted by molar-refractivity contribution is 5.98. The first-order chi connectivity index (χ1) is 10.5. The van der Waals surface area contributed by atoms with Crippen molar-refractivity contribution < 1.29 is 18.4 Å². The molecule has 1 N–H and O–H groups in total. The van der Waals surface area contributed by atoms with Crippen LogP contribution in [-0.2, 0) is 4.79 Å². The molecule has 0 aliphatic carbocycles. The molecular formula is C16H20F2N2O2. The van der Waals surface area contributed by atoms with Crippen LogP contribution in [0.1, 0.15) is 43.0 Å². The molecule has 0 bridgehead atoms. The Morgan fingerprint density at radius 3 is 2.64 bits per heavy atom. The van der Waals surface area contributed by atoms with Crippen LogP contribution in [0.25, 0.3) is 0 Å². The molecule has 1 aromatic rings. The number of carbonyl (C=O) groups excluding carboxylic acids is 2. The number of halogens is 2. The van der Waals surface area contributed by atoms with E-state index in [4.69, 9.17) is 0 Å². The van der Waals surface area contributed by atoms with Crippen LogP contribution < -0.4 is 5.32 Å². The van der Waals surface area contributed by atoms with Gasteiger partial charge in [0.1, 0.15) is 23.2 Å². The van der Waals surface area contributed by atoms with Gasteiger partial charge in [0.2, 0.25) is 5.91 Å². The van der Waals surface area contributed by atoms with Crippen LogP contribution in [-0.4, -0.2) is 35.8 Å². The number of amides is 2. The molecule has 1 aliphatic rings. The summed E-state index contributed by atoms with van der Waals surface area (Å²) in [7, 11) is 0. The molecule has 1 atom stereocenters. The highest BCUT2D eigenvalue weighted by Gasteiger charge is 2.29. The minimum atomic E-state index is -0.927. The number of likely N-dealkylation sites (tertiary alicyclic amines) is 1. The highest BCUT2D eigenvalue weighted by atomic mass is 19.1. The lowest BCUT2D eigenvalue weighted by molar-refractivity contribution is -0.132. The first-order valence-electron chi connectivity index (χ1n) is 7.58. The average Bonchev–Trinajstić information content (AvgIpc) is 2.63. The number of hydrogen-bond acceptors (Lipinski definition) is 2. The Hall–Kier alpha value is -1.98. The SMILES string of the molecule is CCCN1CCCCC(NC(=O)c2c(F)cccc2F)C1=O. The van der Waals surface area contributed by atoms with Gasteiger partial charge in [-0.2, -0.15) is 0 Å². The standard InChI is InChI=1S/C16H20F2N2O2/c1-2-9-20-10-4-3-8-13(16(20)22)19-15(21)14-11(17)6-5-7-12(14)18/h5-7,13H,2-4,8-10H2,1H3,(H,19,21). The summed E-state index contributed by atoms with van der Waals surface area (Å²) in [4.78, 5) is 26.2. The molecule has 6 heteroatoms. The normalized spacial score (nSPS) is 19.0. The Morgan fingerprint density at radius 1 is 1.32 bits per heavy atom. The number of hydrogen-bond donors (Lipinski definition) is 1. The predicted octanol–water partition coefficient (Wildman–Crippen LogP) is 2.49. The molecule has 1 fully saturated rings. The van der Waals surface area contributed by atoms with E-state index in [0.29, 0.717) is 19.5 Å². The minimum Gasteiger partial charge on any atom is -0.341 e. The van der Waals surface area contributed by atoms with Crippen LogP contribution in [0.4, 0.5) is 8.78 Å². The van der Waals surface area contributed by atoms with E-state index >= 15 is 0 Å². The van der Waals surface area contributed by atoms with Crippen LogP contribution in [0.2, 0.25) is 0 Å². The second-order valence-corrected chi connectivity index (χ2v) is 5.44. The van der Waals surface area contributed by atoms with Crippen molar-refractivity contribution in [1.29, 1.82) is 0 Å². The fourth-order valence-electron chi connectivity index (χ4n) is 2.68. The summed E-state index contributed by atoms with van der Waals surface area (Å²) < 4.78 is 27.3. The summed E-state index contributed by atoms with van der Waals surface area (Å²) >= 11 is 0. The maximum Gasteiger partial charge on any atom is 0.257 e. The van der Waals surface area contributed by atoms with Gasteiger partial charge in [0.15, 0.2) is 0 Å². The minimum absolute atomic E-state index is 0.176. The molecule has 2 rings (SSSR count). The maximum atomic E-state index is 13.6.